The molecule has 2 aromatic heterocycles. The highest BCUT2D eigenvalue weighted by Gasteiger charge is 2.06. The van der Waals surface area contributed by atoms with Crippen LogP contribution in [0.15, 0.2) is 24.3 Å². The van der Waals surface area contributed by atoms with Crippen molar-refractivity contribution in [2.75, 3.05) is 11.1 Å². The van der Waals surface area contributed by atoms with E-state index in [0.717, 1.165) is 33.1 Å². The zero-order valence-electron chi connectivity index (χ0n) is 10.9. The first-order valence-corrected chi connectivity index (χ1v) is 7.71. The van der Waals surface area contributed by atoms with E-state index in [9.17, 15) is 0 Å². The van der Waals surface area contributed by atoms with Crippen LogP contribution in [0.4, 0.5) is 11.4 Å². The van der Waals surface area contributed by atoms with E-state index in [1.807, 2.05) is 19.1 Å². The standard InChI is InChI=1S/C14H15N3S2/c1-8-3-4-10(18-8)7-16-12-6-13-14(5-11(12)15)19-9(2)17-13/h3-6,16H,7,15H2,1-2H3. The molecule has 0 atom stereocenters. The molecule has 0 amide bonds. The van der Waals surface area contributed by atoms with Gasteiger partial charge in [0.15, 0.2) is 0 Å². The zero-order chi connectivity index (χ0) is 13.4. The number of nitrogens with two attached hydrogens (primary N) is 1. The first-order chi connectivity index (χ1) is 9.11. The molecule has 5 heteroatoms. The zero-order valence-corrected chi connectivity index (χ0v) is 12.5. The number of benzene rings is 1. The second-order valence-electron chi connectivity index (χ2n) is 4.51. The minimum Gasteiger partial charge on any atom is -0.397 e. The summed E-state index contributed by atoms with van der Waals surface area (Å²) in [5.74, 6) is 0. The largest absolute Gasteiger partial charge is 0.397 e. The van der Waals surface area contributed by atoms with Gasteiger partial charge in [0.25, 0.3) is 0 Å². The molecule has 2 heterocycles. The second-order valence-corrected chi connectivity index (χ2v) is 7.11. The van der Waals surface area contributed by atoms with Gasteiger partial charge in [0.2, 0.25) is 0 Å². The van der Waals surface area contributed by atoms with E-state index in [0.29, 0.717) is 0 Å². The Morgan fingerprint density at radius 1 is 1.21 bits per heavy atom. The molecule has 0 fully saturated rings. The van der Waals surface area contributed by atoms with E-state index >= 15 is 0 Å². The highest BCUT2D eigenvalue weighted by Crippen LogP contribution is 2.30. The van der Waals surface area contributed by atoms with Crippen molar-refractivity contribution < 1.29 is 0 Å². The van der Waals surface area contributed by atoms with Crippen molar-refractivity contribution in [3.63, 3.8) is 0 Å². The summed E-state index contributed by atoms with van der Waals surface area (Å²) in [4.78, 5) is 7.14. The average molecular weight is 289 g/mol. The minimum atomic E-state index is 0.782. The van der Waals surface area contributed by atoms with Crippen LogP contribution in [0.3, 0.4) is 0 Å². The third-order valence-electron chi connectivity index (χ3n) is 2.92. The first kappa shape index (κ1) is 12.4. The SMILES string of the molecule is Cc1ccc(CNc2cc3nc(C)sc3cc2N)s1. The summed E-state index contributed by atoms with van der Waals surface area (Å²) in [7, 11) is 0. The lowest BCUT2D eigenvalue weighted by Gasteiger charge is -2.08. The van der Waals surface area contributed by atoms with E-state index < -0.39 is 0 Å². The summed E-state index contributed by atoms with van der Waals surface area (Å²) >= 11 is 3.48. The van der Waals surface area contributed by atoms with Crippen LogP contribution in [0.25, 0.3) is 10.2 Å². The van der Waals surface area contributed by atoms with Crippen LogP contribution in [0.1, 0.15) is 14.8 Å². The molecule has 0 aliphatic carbocycles. The van der Waals surface area contributed by atoms with Crippen LogP contribution in [-0.4, -0.2) is 4.98 Å². The van der Waals surface area contributed by atoms with Gasteiger partial charge < -0.3 is 11.1 Å². The fourth-order valence-corrected chi connectivity index (χ4v) is 3.71. The molecule has 0 spiro atoms. The normalized spacial score (nSPS) is 11.1. The summed E-state index contributed by atoms with van der Waals surface area (Å²) in [6.45, 7) is 4.94. The molecule has 0 aliphatic heterocycles. The highest BCUT2D eigenvalue weighted by atomic mass is 32.1. The number of hydrogen-bond donors (Lipinski definition) is 2. The smallest absolute Gasteiger partial charge is 0.0907 e. The summed E-state index contributed by atoms with van der Waals surface area (Å²) < 4.78 is 1.15. The molecule has 19 heavy (non-hydrogen) atoms. The van der Waals surface area contributed by atoms with Crippen LogP contribution in [0.2, 0.25) is 0 Å². The molecule has 0 unspecified atom stereocenters. The molecule has 3 N–H and O–H groups in total. The maximum Gasteiger partial charge on any atom is 0.0907 e. The van der Waals surface area contributed by atoms with Crippen molar-refractivity contribution in [1.29, 1.82) is 0 Å². The molecule has 0 aliphatic rings. The molecule has 3 rings (SSSR count). The van der Waals surface area contributed by atoms with Crippen molar-refractivity contribution in [2.24, 2.45) is 0 Å². The van der Waals surface area contributed by atoms with Crippen LogP contribution in [0.5, 0.6) is 0 Å². The molecule has 1 aromatic carbocycles. The van der Waals surface area contributed by atoms with Gasteiger partial charge in [-0.3, -0.25) is 0 Å². The summed E-state index contributed by atoms with van der Waals surface area (Å²) in [6, 6.07) is 8.32. The van der Waals surface area contributed by atoms with Crippen LogP contribution in [0, 0.1) is 13.8 Å². The summed E-state index contributed by atoms with van der Waals surface area (Å²) in [5.41, 5.74) is 8.84. The van der Waals surface area contributed by atoms with Gasteiger partial charge in [-0.2, -0.15) is 0 Å². The second kappa shape index (κ2) is 4.83. The lowest BCUT2D eigenvalue weighted by atomic mass is 10.2. The van der Waals surface area contributed by atoms with Crippen molar-refractivity contribution in [2.45, 2.75) is 20.4 Å². The average Bonchev–Trinajstić information content (AvgIpc) is 2.91. The third kappa shape index (κ3) is 2.57. The minimum absolute atomic E-state index is 0.782. The Balaban J connectivity index is 1.85. The maximum absolute atomic E-state index is 6.09. The molecular weight excluding hydrogens is 274 g/mol. The van der Waals surface area contributed by atoms with Gasteiger partial charge >= 0.3 is 0 Å². The van der Waals surface area contributed by atoms with E-state index in [1.54, 1.807) is 22.7 Å². The Kier molecular flexibility index (Phi) is 3.16. The molecule has 3 aromatic rings. The Morgan fingerprint density at radius 3 is 2.79 bits per heavy atom. The Hall–Kier alpha value is -1.59. The van der Waals surface area contributed by atoms with Gasteiger partial charge in [-0.05, 0) is 38.1 Å². The van der Waals surface area contributed by atoms with Crippen LogP contribution >= 0.6 is 22.7 Å². The van der Waals surface area contributed by atoms with Crippen molar-refractivity contribution in [3.05, 3.63) is 39.0 Å². The van der Waals surface area contributed by atoms with E-state index in [2.05, 4.69) is 29.4 Å². The predicted octanol–water partition coefficient (Wildman–Crippen LogP) is 4.17. The molecule has 0 saturated heterocycles. The van der Waals surface area contributed by atoms with E-state index in [4.69, 9.17) is 5.73 Å². The summed E-state index contributed by atoms with van der Waals surface area (Å²) in [6.07, 6.45) is 0. The lowest BCUT2D eigenvalue weighted by molar-refractivity contribution is 1.19. The van der Waals surface area contributed by atoms with Gasteiger partial charge in [0.1, 0.15) is 0 Å². The maximum atomic E-state index is 6.09. The Morgan fingerprint density at radius 2 is 2.05 bits per heavy atom. The lowest BCUT2D eigenvalue weighted by Crippen LogP contribution is -2.01. The number of anilines is 2. The monoisotopic (exact) mass is 289 g/mol. The number of nitrogen functional groups attached to an aromatic ring is 1. The number of nitrogens with zero attached hydrogens (tertiary/aromatic N) is 1. The number of aromatic nitrogens is 1. The molecule has 0 bridgehead atoms. The van der Waals surface area contributed by atoms with Gasteiger partial charge in [-0.15, -0.1) is 22.7 Å². The third-order valence-corrected chi connectivity index (χ3v) is 4.85. The summed E-state index contributed by atoms with van der Waals surface area (Å²) in [5, 5.41) is 4.46. The highest BCUT2D eigenvalue weighted by molar-refractivity contribution is 7.18. The van der Waals surface area contributed by atoms with Crippen molar-refractivity contribution in [1.82, 2.24) is 4.98 Å². The molecular formula is C14H15N3S2. The van der Waals surface area contributed by atoms with Crippen molar-refractivity contribution >= 4 is 44.3 Å². The van der Waals surface area contributed by atoms with Gasteiger partial charge in [-0.25, -0.2) is 4.98 Å². The fraction of sp³-hybridized carbons (Fsp3) is 0.214. The number of nitrogens with one attached hydrogen (secondary N) is 1. The van der Waals surface area contributed by atoms with E-state index in [1.165, 1.54) is 9.75 Å². The fourth-order valence-electron chi connectivity index (χ4n) is 2.02. The van der Waals surface area contributed by atoms with Gasteiger partial charge in [0, 0.05) is 16.3 Å². The molecule has 98 valence electrons. The molecule has 0 radical (unpaired) electrons. The Labute approximate surface area is 120 Å². The molecule has 0 saturated carbocycles. The number of thiazole rings is 1. The first-order valence-electron chi connectivity index (χ1n) is 6.07. The predicted molar refractivity (Wildman–Crippen MR) is 85.2 cm³/mol. The van der Waals surface area contributed by atoms with E-state index in [-0.39, 0.29) is 0 Å². The quantitative estimate of drug-likeness (QED) is 0.712. The number of thiophene rings is 1. The number of aryl methyl sites for hydroxylation is 2. The Bertz CT molecular complexity index is 727. The number of rotatable bonds is 3. The number of hydrogen-bond acceptors (Lipinski definition) is 5. The molecule has 3 nitrogen and oxygen atoms in total. The van der Waals surface area contributed by atoms with Crippen molar-refractivity contribution in [3.8, 4) is 0 Å². The topological polar surface area (TPSA) is 50.9 Å². The van der Waals surface area contributed by atoms with Crippen LogP contribution < -0.4 is 11.1 Å². The van der Waals surface area contributed by atoms with Crippen LogP contribution in [-0.2, 0) is 6.54 Å². The van der Waals surface area contributed by atoms with Gasteiger partial charge in [0.05, 0.1) is 26.6 Å². The van der Waals surface area contributed by atoms with Gasteiger partial charge in [-0.1, -0.05) is 0 Å². The number of fused-ring (bicyclic) bond motifs is 1.